The Bertz CT molecular complexity index is 324. The molecule has 1 saturated carbocycles. The van der Waals surface area contributed by atoms with Gasteiger partial charge >= 0.3 is 6.09 Å². The highest BCUT2D eigenvalue weighted by atomic mass is 32.2. The van der Waals surface area contributed by atoms with E-state index in [0.29, 0.717) is 18.0 Å². The van der Waals surface area contributed by atoms with Crippen molar-refractivity contribution in [1.29, 1.82) is 0 Å². The summed E-state index contributed by atoms with van der Waals surface area (Å²) >= 11 is 2.04. The predicted molar refractivity (Wildman–Crippen MR) is 84.2 cm³/mol. The van der Waals surface area contributed by atoms with Crippen molar-refractivity contribution < 1.29 is 9.53 Å². The van der Waals surface area contributed by atoms with Crippen LogP contribution in [0.15, 0.2) is 0 Å². The Kier molecular flexibility index (Phi) is 5.61. The first-order valence-corrected chi connectivity index (χ1v) is 8.90. The second-order valence-corrected chi connectivity index (χ2v) is 8.06. The van der Waals surface area contributed by atoms with E-state index in [-0.39, 0.29) is 6.09 Å². The minimum Gasteiger partial charge on any atom is -0.444 e. The van der Waals surface area contributed by atoms with E-state index < -0.39 is 5.60 Å². The van der Waals surface area contributed by atoms with Crippen molar-refractivity contribution in [2.75, 3.05) is 18.1 Å². The first-order valence-electron chi connectivity index (χ1n) is 7.75. The summed E-state index contributed by atoms with van der Waals surface area (Å²) in [5.74, 6) is 3.07. The van der Waals surface area contributed by atoms with Crippen LogP contribution in [0.2, 0.25) is 0 Å². The predicted octanol–water partition coefficient (Wildman–Crippen LogP) is 2.77. The average Bonchev–Trinajstić information content (AvgIpc) is 2.96. The summed E-state index contributed by atoms with van der Waals surface area (Å²) in [6.45, 7) is 6.41. The Hall–Kier alpha value is -0.420. The van der Waals surface area contributed by atoms with Gasteiger partial charge in [-0.2, -0.15) is 11.8 Å². The maximum atomic E-state index is 11.7. The lowest BCUT2D eigenvalue weighted by molar-refractivity contribution is 0.0517. The highest BCUT2D eigenvalue weighted by molar-refractivity contribution is 7.99. The van der Waals surface area contributed by atoms with Crippen LogP contribution in [0, 0.1) is 5.92 Å². The van der Waals surface area contributed by atoms with Crippen molar-refractivity contribution in [3.8, 4) is 0 Å². The average molecular weight is 300 g/mol. The Labute approximate surface area is 126 Å². The van der Waals surface area contributed by atoms with Gasteiger partial charge in [-0.1, -0.05) is 6.42 Å². The third-order valence-electron chi connectivity index (χ3n) is 3.95. The van der Waals surface area contributed by atoms with Crippen molar-refractivity contribution in [1.82, 2.24) is 10.6 Å². The molecule has 2 aliphatic rings. The molecule has 1 amide bonds. The smallest absolute Gasteiger partial charge is 0.407 e. The summed E-state index contributed by atoms with van der Waals surface area (Å²) in [6.07, 6.45) is 4.69. The number of alkyl carbamates (subject to hydrolysis) is 1. The fourth-order valence-corrected chi connectivity index (χ4v) is 4.16. The summed E-state index contributed by atoms with van der Waals surface area (Å²) in [5.41, 5.74) is -0.418. The molecule has 3 atom stereocenters. The first-order chi connectivity index (χ1) is 9.44. The Morgan fingerprint density at radius 2 is 2.10 bits per heavy atom. The van der Waals surface area contributed by atoms with Crippen LogP contribution >= 0.6 is 11.8 Å². The highest BCUT2D eigenvalue weighted by Crippen LogP contribution is 2.27. The summed E-state index contributed by atoms with van der Waals surface area (Å²) in [6, 6.07) is 1.24. The van der Waals surface area contributed by atoms with E-state index in [9.17, 15) is 4.79 Å². The number of carbonyl (C=O) groups is 1. The van der Waals surface area contributed by atoms with Crippen LogP contribution in [0.25, 0.3) is 0 Å². The summed E-state index contributed by atoms with van der Waals surface area (Å²) in [4.78, 5) is 11.7. The lowest BCUT2D eigenvalue weighted by atomic mass is 10.0. The lowest BCUT2D eigenvalue weighted by Crippen LogP contribution is -2.44. The summed E-state index contributed by atoms with van der Waals surface area (Å²) in [5, 5.41) is 6.72. The van der Waals surface area contributed by atoms with Crippen LogP contribution in [0.5, 0.6) is 0 Å². The van der Waals surface area contributed by atoms with Gasteiger partial charge in [0, 0.05) is 24.4 Å². The number of hydrogen-bond acceptors (Lipinski definition) is 4. The minimum atomic E-state index is -0.418. The number of rotatable bonds is 4. The van der Waals surface area contributed by atoms with Crippen LogP contribution in [0.4, 0.5) is 4.79 Å². The van der Waals surface area contributed by atoms with E-state index in [2.05, 4.69) is 10.6 Å². The highest BCUT2D eigenvalue weighted by Gasteiger charge is 2.30. The molecule has 0 spiro atoms. The molecule has 0 radical (unpaired) electrons. The standard InChI is InChI=1S/C15H28N2O2S/c1-15(2,3)19-14(18)16-9-11-5-4-6-13(11)17-12-7-8-20-10-12/h11-13,17H,4-10H2,1-3H3,(H,16,18). The number of amides is 1. The van der Waals surface area contributed by atoms with Crippen LogP contribution in [-0.2, 0) is 4.74 Å². The van der Waals surface area contributed by atoms with Crippen molar-refractivity contribution in [2.45, 2.75) is 64.1 Å². The first kappa shape index (κ1) is 16.0. The molecule has 116 valence electrons. The van der Waals surface area contributed by atoms with Crippen LogP contribution in [0.1, 0.15) is 46.5 Å². The second-order valence-electron chi connectivity index (χ2n) is 6.91. The molecule has 2 fully saturated rings. The fourth-order valence-electron chi connectivity index (χ4n) is 3.00. The molecule has 0 bridgehead atoms. The van der Waals surface area contributed by atoms with Gasteiger partial charge < -0.3 is 15.4 Å². The summed E-state index contributed by atoms with van der Waals surface area (Å²) in [7, 11) is 0. The second kappa shape index (κ2) is 7.03. The molecule has 4 nitrogen and oxygen atoms in total. The van der Waals surface area contributed by atoms with Crippen molar-refractivity contribution in [3.63, 3.8) is 0 Å². The van der Waals surface area contributed by atoms with Gasteiger partial charge in [0.1, 0.15) is 5.60 Å². The number of ether oxygens (including phenoxy) is 1. The Morgan fingerprint density at radius 3 is 2.75 bits per heavy atom. The third kappa shape index (κ3) is 5.17. The molecule has 1 aliphatic heterocycles. The van der Waals surface area contributed by atoms with Crippen LogP contribution in [-0.4, -0.2) is 41.8 Å². The number of thioether (sulfide) groups is 1. The van der Waals surface area contributed by atoms with Crippen LogP contribution < -0.4 is 10.6 Å². The largest absolute Gasteiger partial charge is 0.444 e. The molecule has 1 heterocycles. The Morgan fingerprint density at radius 1 is 1.30 bits per heavy atom. The van der Waals surface area contributed by atoms with Crippen molar-refractivity contribution in [3.05, 3.63) is 0 Å². The monoisotopic (exact) mass is 300 g/mol. The van der Waals surface area contributed by atoms with E-state index >= 15 is 0 Å². The molecule has 20 heavy (non-hydrogen) atoms. The third-order valence-corrected chi connectivity index (χ3v) is 5.11. The van der Waals surface area contributed by atoms with Crippen molar-refractivity contribution in [2.24, 2.45) is 5.92 Å². The van der Waals surface area contributed by atoms with Gasteiger partial charge in [0.25, 0.3) is 0 Å². The lowest BCUT2D eigenvalue weighted by Gasteiger charge is -2.25. The quantitative estimate of drug-likeness (QED) is 0.838. The molecule has 0 aromatic rings. The van der Waals surface area contributed by atoms with Gasteiger partial charge in [0.15, 0.2) is 0 Å². The van der Waals surface area contributed by atoms with Gasteiger partial charge in [-0.15, -0.1) is 0 Å². The van der Waals surface area contributed by atoms with Gasteiger partial charge in [0.2, 0.25) is 0 Å². The van der Waals surface area contributed by atoms with Crippen LogP contribution in [0.3, 0.4) is 0 Å². The molecule has 0 aromatic carbocycles. The molecule has 3 unspecified atom stereocenters. The topological polar surface area (TPSA) is 50.4 Å². The summed E-state index contributed by atoms with van der Waals surface area (Å²) < 4.78 is 5.29. The van der Waals surface area contributed by atoms with E-state index in [1.54, 1.807) is 0 Å². The SMILES string of the molecule is CC(C)(C)OC(=O)NCC1CCCC1NC1CCSC1. The van der Waals surface area contributed by atoms with Crippen molar-refractivity contribution >= 4 is 17.9 Å². The maximum absolute atomic E-state index is 11.7. The molecular weight excluding hydrogens is 272 g/mol. The molecule has 0 aromatic heterocycles. The van der Waals surface area contributed by atoms with E-state index in [0.717, 1.165) is 6.54 Å². The normalized spacial score (nSPS) is 30.4. The zero-order chi connectivity index (χ0) is 14.6. The minimum absolute atomic E-state index is 0.292. The van der Waals surface area contributed by atoms with E-state index in [1.807, 2.05) is 32.5 Å². The molecule has 1 saturated heterocycles. The molecular formula is C15H28N2O2S. The number of carbonyl (C=O) groups excluding carboxylic acids is 1. The molecule has 2 rings (SSSR count). The Balaban J connectivity index is 1.72. The molecule has 5 heteroatoms. The van der Waals surface area contributed by atoms with E-state index in [1.165, 1.54) is 37.2 Å². The zero-order valence-electron chi connectivity index (χ0n) is 12.9. The number of nitrogens with one attached hydrogen (secondary N) is 2. The maximum Gasteiger partial charge on any atom is 0.407 e. The number of hydrogen-bond donors (Lipinski definition) is 2. The van der Waals surface area contributed by atoms with Gasteiger partial charge in [0.05, 0.1) is 0 Å². The fraction of sp³-hybridized carbons (Fsp3) is 0.933. The van der Waals surface area contributed by atoms with Gasteiger partial charge in [-0.25, -0.2) is 4.79 Å². The zero-order valence-corrected chi connectivity index (χ0v) is 13.7. The molecule has 2 N–H and O–H groups in total. The van der Waals surface area contributed by atoms with E-state index in [4.69, 9.17) is 4.74 Å². The van der Waals surface area contributed by atoms with Gasteiger partial charge in [-0.05, 0) is 51.7 Å². The van der Waals surface area contributed by atoms with Gasteiger partial charge in [-0.3, -0.25) is 0 Å². The molecule has 1 aliphatic carbocycles.